The van der Waals surface area contributed by atoms with Crippen molar-refractivity contribution in [1.82, 2.24) is 0 Å². The summed E-state index contributed by atoms with van der Waals surface area (Å²) in [6.07, 6.45) is 4.57. The van der Waals surface area contributed by atoms with Crippen LogP contribution in [0.4, 0.5) is 0 Å². The molecule has 0 aromatic heterocycles. The van der Waals surface area contributed by atoms with Crippen molar-refractivity contribution in [1.29, 1.82) is 0 Å². The monoisotopic (exact) mass is 502 g/mol. The molecule has 9 heteroatoms. The first-order valence-electron chi connectivity index (χ1n) is 12.1. The summed E-state index contributed by atoms with van der Waals surface area (Å²) < 4.78 is 26.8. The van der Waals surface area contributed by atoms with E-state index in [1.807, 2.05) is 12.1 Å². The molecule has 1 aliphatic carbocycles. The first-order chi connectivity index (χ1) is 17.1. The van der Waals surface area contributed by atoms with Gasteiger partial charge in [0.1, 0.15) is 24.9 Å². The number of aryl methyl sites for hydroxylation is 1. The van der Waals surface area contributed by atoms with Crippen LogP contribution in [-0.4, -0.2) is 56.9 Å². The zero-order chi connectivity index (χ0) is 26.5. The normalized spacial score (nSPS) is 21.9. The summed E-state index contributed by atoms with van der Waals surface area (Å²) in [6.45, 7) is 4.60. The van der Waals surface area contributed by atoms with Gasteiger partial charge in [-0.25, -0.2) is 0 Å². The van der Waals surface area contributed by atoms with Crippen LogP contribution >= 0.6 is 0 Å². The number of fused-ring (bicyclic) bond motifs is 1. The highest BCUT2D eigenvalue weighted by Gasteiger charge is 2.53. The van der Waals surface area contributed by atoms with Gasteiger partial charge in [0.2, 0.25) is 0 Å². The maximum Gasteiger partial charge on any atom is 0.323 e. The molecule has 3 rings (SSSR count). The molecule has 0 saturated heterocycles. The molecular weight excluding hydrogens is 468 g/mol. The van der Waals surface area contributed by atoms with Gasteiger partial charge < -0.3 is 23.7 Å². The fourth-order valence-electron chi connectivity index (χ4n) is 4.89. The van der Waals surface area contributed by atoms with Crippen LogP contribution in [0, 0.1) is 5.41 Å². The van der Waals surface area contributed by atoms with Crippen molar-refractivity contribution in [2.45, 2.75) is 71.2 Å². The molecule has 0 saturated carbocycles. The molecule has 0 unspecified atom stereocenters. The Morgan fingerprint density at radius 1 is 1.00 bits per heavy atom. The largest absolute Gasteiger partial charge is 0.468 e. The first kappa shape index (κ1) is 27.4. The van der Waals surface area contributed by atoms with Crippen LogP contribution < -0.4 is 0 Å². The van der Waals surface area contributed by atoms with E-state index in [-0.39, 0.29) is 19.4 Å². The molecule has 1 heterocycles. The first-order valence-corrected chi connectivity index (χ1v) is 12.1. The van der Waals surface area contributed by atoms with Crippen molar-refractivity contribution < 1.29 is 42.9 Å². The van der Waals surface area contributed by atoms with Gasteiger partial charge >= 0.3 is 23.9 Å². The van der Waals surface area contributed by atoms with E-state index in [0.717, 1.165) is 41.5 Å². The average Bonchev–Trinajstić information content (AvgIpc) is 3.25. The van der Waals surface area contributed by atoms with Gasteiger partial charge in [0.15, 0.2) is 5.41 Å². The van der Waals surface area contributed by atoms with E-state index in [1.165, 1.54) is 28.1 Å². The van der Waals surface area contributed by atoms with Gasteiger partial charge in [0, 0.05) is 20.3 Å². The van der Waals surface area contributed by atoms with Gasteiger partial charge in [-0.3, -0.25) is 19.2 Å². The minimum absolute atomic E-state index is 0.0971. The maximum atomic E-state index is 12.8. The zero-order valence-electron chi connectivity index (χ0n) is 21.5. The Labute approximate surface area is 211 Å². The van der Waals surface area contributed by atoms with E-state index in [4.69, 9.17) is 23.7 Å². The van der Waals surface area contributed by atoms with E-state index in [1.54, 1.807) is 12.2 Å². The molecule has 0 N–H and O–H groups in total. The Kier molecular flexibility index (Phi) is 8.89. The van der Waals surface area contributed by atoms with Crippen molar-refractivity contribution in [3.05, 3.63) is 46.5 Å². The molecule has 1 aromatic carbocycles. The Hall–Kier alpha value is -3.20. The van der Waals surface area contributed by atoms with E-state index >= 15 is 0 Å². The molecule has 36 heavy (non-hydrogen) atoms. The van der Waals surface area contributed by atoms with E-state index < -0.39 is 47.6 Å². The van der Waals surface area contributed by atoms with Gasteiger partial charge in [-0.1, -0.05) is 31.6 Å². The molecule has 1 aliphatic heterocycles. The molecule has 0 bridgehead atoms. The molecule has 3 atom stereocenters. The summed E-state index contributed by atoms with van der Waals surface area (Å²) in [5.41, 5.74) is 2.08. The lowest BCUT2D eigenvalue weighted by Gasteiger charge is -2.32. The predicted molar refractivity (Wildman–Crippen MR) is 128 cm³/mol. The third-order valence-electron chi connectivity index (χ3n) is 6.60. The number of hydrogen-bond donors (Lipinski definition) is 0. The SMILES string of the molecule is CCCCc1cc2c(c([C@@H]3C=C[C@H](OC(C)=O)[C@@H](COC(C)=O)O3)c1)CC(C(=O)OC)(C(=O)OC)C2. The van der Waals surface area contributed by atoms with Crippen LogP contribution in [0.5, 0.6) is 0 Å². The van der Waals surface area contributed by atoms with Crippen LogP contribution in [0.3, 0.4) is 0 Å². The number of esters is 4. The van der Waals surface area contributed by atoms with E-state index in [2.05, 4.69) is 6.92 Å². The number of ether oxygens (including phenoxy) is 5. The summed E-state index contributed by atoms with van der Waals surface area (Å²) in [5, 5.41) is 0. The fraction of sp³-hybridized carbons (Fsp3) is 0.556. The molecule has 0 radical (unpaired) electrons. The minimum atomic E-state index is -1.47. The summed E-state index contributed by atoms with van der Waals surface area (Å²) in [7, 11) is 2.51. The van der Waals surface area contributed by atoms with Gasteiger partial charge in [0.05, 0.1) is 14.2 Å². The number of rotatable bonds is 9. The molecule has 196 valence electrons. The minimum Gasteiger partial charge on any atom is -0.468 e. The van der Waals surface area contributed by atoms with Crippen LogP contribution in [0.1, 0.15) is 62.0 Å². The lowest BCUT2D eigenvalue weighted by Crippen LogP contribution is -2.42. The summed E-state index contributed by atoms with van der Waals surface area (Å²) in [5.74, 6) is -2.25. The van der Waals surface area contributed by atoms with Gasteiger partial charge in [-0.05, 0) is 47.6 Å². The van der Waals surface area contributed by atoms with Crippen LogP contribution in [0.25, 0.3) is 0 Å². The number of carbonyl (C=O) groups excluding carboxylic acids is 4. The topological polar surface area (TPSA) is 114 Å². The van der Waals surface area contributed by atoms with Crippen molar-refractivity contribution in [3.8, 4) is 0 Å². The quantitative estimate of drug-likeness (QED) is 0.218. The number of benzene rings is 1. The lowest BCUT2D eigenvalue weighted by atomic mass is 9.84. The summed E-state index contributed by atoms with van der Waals surface area (Å²) in [4.78, 5) is 48.7. The number of carbonyl (C=O) groups is 4. The third-order valence-corrected chi connectivity index (χ3v) is 6.60. The lowest BCUT2D eigenvalue weighted by molar-refractivity contribution is -0.168. The highest BCUT2D eigenvalue weighted by molar-refractivity contribution is 6.01. The number of hydrogen-bond acceptors (Lipinski definition) is 9. The molecule has 2 aliphatic rings. The highest BCUT2D eigenvalue weighted by Crippen LogP contribution is 2.44. The number of methoxy groups -OCH3 is 2. The standard InChI is InChI=1S/C27H34O9/c1-6-7-8-18-11-19-13-27(25(30)32-4,26(31)33-5)14-21(19)20(12-18)22-9-10-23(35-17(3)29)24(36-22)15-34-16(2)28/h9-12,22-24H,6-8,13-15H2,1-5H3/t22-,23-,24+/m0/s1. The summed E-state index contributed by atoms with van der Waals surface area (Å²) in [6, 6.07) is 4.07. The zero-order valence-corrected chi connectivity index (χ0v) is 21.5. The smallest absolute Gasteiger partial charge is 0.323 e. The molecule has 1 aromatic rings. The molecule has 0 spiro atoms. The van der Waals surface area contributed by atoms with Crippen molar-refractivity contribution in [2.75, 3.05) is 20.8 Å². The Morgan fingerprint density at radius 2 is 1.69 bits per heavy atom. The number of unbranched alkanes of at least 4 members (excludes halogenated alkanes) is 1. The average molecular weight is 503 g/mol. The van der Waals surface area contributed by atoms with E-state index in [9.17, 15) is 19.2 Å². The van der Waals surface area contributed by atoms with Crippen LogP contribution in [0.2, 0.25) is 0 Å². The van der Waals surface area contributed by atoms with Crippen LogP contribution in [0.15, 0.2) is 24.3 Å². The second-order valence-corrected chi connectivity index (χ2v) is 9.20. The van der Waals surface area contributed by atoms with Gasteiger partial charge in [-0.15, -0.1) is 0 Å². The molecule has 9 nitrogen and oxygen atoms in total. The van der Waals surface area contributed by atoms with Gasteiger partial charge in [-0.2, -0.15) is 0 Å². The third kappa shape index (κ3) is 5.78. The highest BCUT2D eigenvalue weighted by atomic mass is 16.6. The van der Waals surface area contributed by atoms with Crippen molar-refractivity contribution >= 4 is 23.9 Å². The van der Waals surface area contributed by atoms with E-state index in [0.29, 0.717) is 0 Å². The Balaban J connectivity index is 2.04. The Morgan fingerprint density at radius 3 is 2.28 bits per heavy atom. The summed E-state index contributed by atoms with van der Waals surface area (Å²) >= 11 is 0. The van der Waals surface area contributed by atoms with Gasteiger partial charge in [0.25, 0.3) is 0 Å². The van der Waals surface area contributed by atoms with Crippen molar-refractivity contribution in [2.24, 2.45) is 5.41 Å². The second-order valence-electron chi connectivity index (χ2n) is 9.20. The van der Waals surface area contributed by atoms with Crippen molar-refractivity contribution in [3.63, 3.8) is 0 Å². The van der Waals surface area contributed by atoms with Crippen LogP contribution in [-0.2, 0) is 62.1 Å². The molecule has 0 amide bonds. The predicted octanol–water partition coefficient (Wildman–Crippen LogP) is 2.95. The fourth-order valence-corrected chi connectivity index (χ4v) is 4.89. The second kappa shape index (κ2) is 11.7. The molecular formula is C27H34O9. The Bertz CT molecular complexity index is 1030. The maximum absolute atomic E-state index is 12.8. The molecule has 0 fully saturated rings.